The van der Waals surface area contributed by atoms with E-state index in [1.54, 1.807) is 16.8 Å². The van der Waals surface area contributed by atoms with E-state index in [0.29, 0.717) is 11.7 Å². The van der Waals surface area contributed by atoms with Crippen LogP contribution in [0, 0.1) is 0 Å². The summed E-state index contributed by atoms with van der Waals surface area (Å²) in [6, 6.07) is 14.9. The van der Waals surface area contributed by atoms with E-state index in [9.17, 15) is 4.79 Å². The number of fused-ring (bicyclic) bond motifs is 1. The second kappa shape index (κ2) is 4.86. The van der Waals surface area contributed by atoms with Crippen molar-refractivity contribution in [3.8, 4) is 0 Å². The molecule has 2 heterocycles. The number of hydrogen-bond donors (Lipinski definition) is 0. The van der Waals surface area contributed by atoms with E-state index in [4.69, 9.17) is 11.6 Å². The maximum atomic E-state index is 12.0. The number of halogens is 1. The van der Waals surface area contributed by atoms with Crippen LogP contribution in [-0.2, 0) is 6.54 Å². The molecule has 0 saturated heterocycles. The van der Waals surface area contributed by atoms with Gasteiger partial charge in [0.05, 0.1) is 12.1 Å². The Bertz CT molecular complexity index is 795. The standard InChI is InChI=1S/C15H11ClN2O/c16-15-12(5-3-9-17-15)10-18-13-6-2-1-4-11(13)7-8-14(18)19/h1-9H,10H2. The largest absolute Gasteiger partial charge is 0.304 e. The van der Waals surface area contributed by atoms with Crippen molar-refractivity contribution in [3.05, 3.63) is 75.8 Å². The lowest BCUT2D eigenvalue weighted by molar-refractivity contribution is 0.791. The molecule has 94 valence electrons. The molecular formula is C15H11ClN2O. The lowest BCUT2D eigenvalue weighted by Crippen LogP contribution is -2.20. The van der Waals surface area contributed by atoms with Gasteiger partial charge >= 0.3 is 0 Å². The van der Waals surface area contributed by atoms with Crippen molar-refractivity contribution >= 4 is 22.5 Å². The summed E-state index contributed by atoms with van der Waals surface area (Å²) in [5, 5.41) is 1.46. The minimum Gasteiger partial charge on any atom is -0.304 e. The molecule has 0 amide bonds. The Hall–Kier alpha value is -2.13. The monoisotopic (exact) mass is 270 g/mol. The Morgan fingerprint density at radius 3 is 2.74 bits per heavy atom. The van der Waals surface area contributed by atoms with Gasteiger partial charge in [0, 0.05) is 17.8 Å². The lowest BCUT2D eigenvalue weighted by atomic mass is 10.2. The molecule has 0 aliphatic carbocycles. The van der Waals surface area contributed by atoms with Crippen molar-refractivity contribution in [2.75, 3.05) is 0 Å². The van der Waals surface area contributed by atoms with E-state index < -0.39 is 0 Å². The van der Waals surface area contributed by atoms with E-state index in [-0.39, 0.29) is 5.56 Å². The van der Waals surface area contributed by atoms with Gasteiger partial charge in [0.1, 0.15) is 5.15 Å². The first-order valence-electron chi connectivity index (χ1n) is 5.94. The van der Waals surface area contributed by atoms with Gasteiger partial charge in [-0.05, 0) is 23.6 Å². The van der Waals surface area contributed by atoms with Gasteiger partial charge in [0.2, 0.25) is 0 Å². The number of aromatic nitrogens is 2. The molecule has 0 aliphatic rings. The third-order valence-corrected chi connectivity index (χ3v) is 3.40. The summed E-state index contributed by atoms with van der Waals surface area (Å²) in [7, 11) is 0. The maximum absolute atomic E-state index is 12.0. The maximum Gasteiger partial charge on any atom is 0.251 e. The van der Waals surface area contributed by atoms with E-state index in [1.807, 2.05) is 42.5 Å². The highest BCUT2D eigenvalue weighted by atomic mass is 35.5. The van der Waals surface area contributed by atoms with E-state index in [1.165, 1.54) is 0 Å². The fraction of sp³-hybridized carbons (Fsp3) is 0.0667. The molecule has 1 aromatic carbocycles. The Kier molecular flexibility index (Phi) is 3.05. The van der Waals surface area contributed by atoms with Crippen LogP contribution in [-0.4, -0.2) is 9.55 Å². The molecule has 3 nitrogen and oxygen atoms in total. The molecule has 0 radical (unpaired) electrons. The Morgan fingerprint density at radius 1 is 1.05 bits per heavy atom. The van der Waals surface area contributed by atoms with Crippen molar-refractivity contribution in [3.63, 3.8) is 0 Å². The molecular weight excluding hydrogens is 260 g/mol. The van der Waals surface area contributed by atoms with E-state index >= 15 is 0 Å². The first-order chi connectivity index (χ1) is 9.25. The van der Waals surface area contributed by atoms with Crippen molar-refractivity contribution in [1.29, 1.82) is 0 Å². The quantitative estimate of drug-likeness (QED) is 0.671. The highest BCUT2D eigenvalue weighted by Gasteiger charge is 2.06. The average molecular weight is 271 g/mol. The summed E-state index contributed by atoms with van der Waals surface area (Å²) >= 11 is 6.05. The molecule has 0 saturated carbocycles. The van der Waals surface area contributed by atoms with Gasteiger partial charge in [-0.1, -0.05) is 35.9 Å². The SMILES string of the molecule is O=c1ccc2ccccc2n1Cc1cccnc1Cl. The van der Waals surface area contributed by atoms with Crippen LogP contribution in [0.1, 0.15) is 5.56 Å². The van der Waals surface area contributed by atoms with Crippen LogP contribution in [0.2, 0.25) is 5.15 Å². The van der Waals surface area contributed by atoms with E-state index in [2.05, 4.69) is 4.98 Å². The average Bonchev–Trinajstić information content (AvgIpc) is 2.44. The highest BCUT2D eigenvalue weighted by Crippen LogP contribution is 2.16. The fourth-order valence-electron chi connectivity index (χ4n) is 2.11. The molecule has 19 heavy (non-hydrogen) atoms. The summed E-state index contributed by atoms with van der Waals surface area (Å²) in [4.78, 5) is 16.1. The molecule has 0 atom stereocenters. The molecule has 3 rings (SSSR count). The Labute approximate surface area is 115 Å². The molecule has 3 aromatic rings. The van der Waals surface area contributed by atoms with Crippen LogP contribution in [0.4, 0.5) is 0 Å². The van der Waals surface area contributed by atoms with Gasteiger partial charge in [-0.3, -0.25) is 4.79 Å². The minimum atomic E-state index is -0.0429. The van der Waals surface area contributed by atoms with Gasteiger partial charge in [-0.25, -0.2) is 4.98 Å². The number of hydrogen-bond acceptors (Lipinski definition) is 2. The van der Waals surface area contributed by atoms with Gasteiger partial charge in [-0.15, -0.1) is 0 Å². The second-order valence-electron chi connectivity index (χ2n) is 4.27. The van der Waals surface area contributed by atoms with Gasteiger partial charge in [0.15, 0.2) is 0 Å². The molecule has 0 bridgehead atoms. The summed E-state index contributed by atoms with van der Waals surface area (Å²) in [6.07, 6.45) is 1.64. The fourth-order valence-corrected chi connectivity index (χ4v) is 2.29. The number of rotatable bonds is 2. The third-order valence-electron chi connectivity index (χ3n) is 3.06. The highest BCUT2D eigenvalue weighted by molar-refractivity contribution is 6.30. The molecule has 2 aromatic heterocycles. The van der Waals surface area contributed by atoms with Crippen LogP contribution in [0.5, 0.6) is 0 Å². The molecule has 4 heteroatoms. The molecule has 0 aliphatic heterocycles. The van der Waals surface area contributed by atoms with Crippen LogP contribution in [0.15, 0.2) is 59.5 Å². The zero-order chi connectivity index (χ0) is 13.2. The van der Waals surface area contributed by atoms with Crippen LogP contribution in [0.25, 0.3) is 10.9 Å². The zero-order valence-electron chi connectivity index (χ0n) is 10.1. The zero-order valence-corrected chi connectivity index (χ0v) is 10.8. The smallest absolute Gasteiger partial charge is 0.251 e. The van der Waals surface area contributed by atoms with Crippen molar-refractivity contribution in [2.24, 2.45) is 0 Å². The topological polar surface area (TPSA) is 34.9 Å². The first kappa shape index (κ1) is 11.9. The van der Waals surface area contributed by atoms with Gasteiger partial charge < -0.3 is 4.57 Å². The molecule has 0 spiro atoms. The normalized spacial score (nSPS) is 10.8. The summed E-state index contributed by atoms with van der Waals surface area (Å²) < 4.78 is 1.71. The van der Waals surface area contributed by atoms with E-state index in [0.717, 1.165) is 16.5 Å². The number of para-hydroxylation sites is 1. The Balaban J connectivity index is 2.18. The molecule has 0 fully saturated rings. The molecule has 0 unspecified atom stereocenters. The lowest BCUT2D eigenvalue weighted by Gasteiger charge is -2.10. The third kappa shape index (κ3) is 2.25. The molecule has 0 N–H and O–H groups in total. The number of pyridine rings is 2. The minimum absolute atomic E-state index is 0.0429. The summed E-state index contributed by atoms with van der Waals surface area (Å²) in [6.45, 7) is 0.423. The predicted octanol–water partition coefficient (Wildman–Crippen LogP) is 3.10. The van der Waals surface area contributed by atoms with Gasteiger partial charge in [-0.2, -0.15) is 0 Å². The number of nitrogens with zero attached hydrogens (tertiary/aromatic N) is 2. The van der Waals surface area contributed by atoms with Crippen molar-refractivity contribution in [2.45, 2.75) is 6.54 Å². The van der Waals surface area contributed by atoms with Crippen LogP contribution >= 0.6 is 11.6 Å². The van der Waals surface area contributed by atoms with Crippen molar-refractivity contribution < 1.29 is 0 Å². The summed E-state index contributed by atoms with van der Waals surface area (Å²) in [5.41, 5.74) is 1.69. The Morgan fingerprint density at radius 2 is 1.89 bits per heavy atom. The first-order valence-corrected chi connectivity index (χ1v) is 6.31. The van der Waals surface area contributed by atoms with Crippen molar-refractivity contribution in [1.82, 2.24) is 9.55 Å². The van der Waals surface area contributed by atoms with Gasteiger partial charge in [0.25, 0.3) is 5.56 Å². The predicted molar refractivity (Wildman–Crippen MR) is 76.6 cm³/mol. The second-order valence-corrected chi connectivity index (χ2v) is 4.63. The number of benzene rings is 1. The van der Waals surface area contributed by atoms with Crippen LogP contribution < -0.4 is 5.56 Å². The summed E-state index contributed by atoms with van der Waals surface area (Å²) in [5.74, 6) is 0. The van der Waals surface area contributed by atoms with Crippen LogP contribution in [0.3, 0.4) is 0 Å².